The summed E-state index contributed by atoms with van der Waals surface area (Å²) in [6.07, 6.45) is -3.27. The van der Waals surface area contributed by atoms with Gasteiger partial charge in [-0.1, -0.05) is 13.8 Å². The van der Waals surface area contributed by atoms with Crippen molar-refractivity contribution in [3.8, 4) is 6.07 Å². The summed E-state index contributed by atoms with van der Waals surface area (Å²) in [5.41, 5.74) is 3.52. The van der Waals surface area contributed by atoms with E-state index in [4.69, 9.17) is 22.0 Å². The summed E-state index contributed by atoms with van der Waals surface area (Å²) in [4.78, 5) is 15.7. The minimum absolute atomic E-state index is 0.00941. The van der Waals surface area contributed by atoms with Crippen LogP contribution in [0.1, 0.15) is 20.9 Å². The number of carbonyl (C=O) groups is 1. The second-order valence-corrected chi connectivity index (χ2v) is 6.93. The number of nitrogens with two attached hydrogens (primary N) is 1. The van der Waals surface area contributed by atoms with Gasteiger partial charge in [0.25, 0.3) is 0 Å². The number of hydrogen-bond donors (Lipinski definition) is 5. The highest BCUT2D eigenvalue weighted by Crippen LogP contribution is 2.39. The van der Waals surface area contributed by atoms with Gasteiger partial charge in [0.1, 0.15) is 48.9 Å². The second-order valence-electron chi connectivity index (χ2n) is 6.93. The minimum Gasteiger partial charge on any atom is -0.462 e. The first-order valence-corrected chi connectivity index (χ1v) is 8.62. The fourth-order valence-electron chi connectivity index (χ4n) is 3.03. The number of nitriles is 1. The molecule has 0 radical (unpaired) electrons. The number of nitrogens with one attached hydrogen (secondary N) is 2. The van der Waals surface area contributed by atoms with Gasteiger partial charge in [-0.25, -0.2) is 4.98 Å². The molecule has 3 rings (SSSR count). The van der Waals surface area contributed by atoms with Crippen molar-refractivity contribution in [3.05, 3.63) is 29.6 Å². The van der Waals surface area contributed by atoms with Crippen LogP contribution >= 0.6 is 0 Å². The van der Waals surface area contributed by atoms with Gasteiger partial charge >= 0.3 is 5.97 Å². The maximum absolute atomic E-state index is 12.0. The fraction of sp³-hybridized carbons (Fsp3) is 0.529. The number of H-pyrrole nitrogens is 1. The molecule has 0 bridgehead atoms. The van der Waals surface area contributed by atoms with Gasteiger partial charge in [0.05, 0.1) is 7.06 Å². The van der Waals surface area contributed by atoms with Crippen molar-refractivity contribution in [3.63, 3.8) is 0 Å². The number of rotatable bonds is 5. The smallest absolute Gasteiger partial charge is 0.323 e. The van der Waals surface area contributed by atoms with E-state index in [0.29, 0.717) is 0 Å². The number of fused-ring (bicyclic) bond motifs is 1. The molecule has 1 saturated heterocycles. The van der Waals surface area contributed by atoms with Crippen LogP contribution in [0.2, 0.25) is 0 Å². The minimum atomic E-state index is -2.07. The van der Waals surface area contributed by atoms with Crippen molar-refractivity contribution in [1.29, 1.82) is 10.7 Å². The third kappa shape index (κ3) is 3.06. The van der Waals surface area contributed by atoms with Crippen LogP contribution < -0.4 is 11.2 Å². The molecule has 0 aromatic carbocycles. The summed E-state index contributed by atoms with van der Waals surface area (Å²) in [7, 11) is 0. The quantitative estimate of drug-likeness (QED) is 0.382. The number of carbonyl (C=O) groups excluding carboxylic acids is 1. The van der Waals surface area contributed by atoms with E-state index in [-0.39, 0.29) is 28.7 Å². The Balaban J connectivity index is 1.93. The van der Waals surface area contributed by atoms with E-state index in [2.05, 4.69) is 10.1 Å². The van der Waals surface area contributed by atoms with Crippen LogP contribution in [0.3, 0.4) is 0 Å². The number of aliphatic hydroxyl groups excluding tert-OH is 2. The highest BCUT2D eigenvalue weighted by Gasteiger charge is 2.57. The van der Waals surface area contributed by atoms with E-state index in [0.717, 1.165) is 0 Å². The molecular formula is C17H22N6O5. The molecule has 5 atom stereocenters. The lowest BCUT2D eigenvalue weighted by Gasteiger charge is -2.24. The van der Waals surface area contributed by atoms with E-state index in [9.17, 15) is 20.3 Å². The van der Waals surface area contributed by atoms with Crippen LogP contribution in [-0.2, 0) is 19.9 Å². The van der Waals surface area contributed by atoms with Crippen molar-refractivity contribution in [1.82, 2.24) is 14.6 Å². The van der Waals surface area contributed by atoms with Gasteiger partial charge in [0.15, 0.2) is 5.49 Å². The molecule has 0 aliphatic carbocycles. The first-order chi connectivity index (χ1) is 13.6. The maximum atomic E-state index is 12.0. The summed E-state index contributed by atoms with van der Waals surface area (Å²) in [5, 5.41) is 41.4. The van der Waals surface area contributed by atoms with Crippen molar-refractivity contribution in [2.24, 2.45) is 11.7 Å². The van der Waals surface area contributed by atoms with Gasteiger partial charge in [-0.15, -0.1) is 0 Å². The van der Waals surface area contributed by atoms with Gasteiger partial charge < -0.3 is 25.4 Å². The first-order valence-electron chi connectivity index (χ1n) is 9.12. The van der Waals surface area contributed by atoms with Gasteiger partial charge in [-0.05, 0) is 18.0 Å². The molecule has 11 heteroatoms. The summed E-state index contributed by atoms with van der Waals surface area (Å²) in [5.74, 6) is -0.855. The largest absolute Gasteiger partial charge is 0.462 e. The molecule has 150 valence electrons. The van der Waals surface area contributed by atoms with Gasteiger partial charge in [0, 0.05) is 0 Å². The Morgan fingerprint density at radius 1 is 1.68 bits per heavy atom. The number of aromatic amines is 1. The van der Waals surface area contributed by atoms with Gasteiger partial charge in [-0.2, -0.15) is 5.26 Å². The molecule has 2 aromatic rings. The molecular weight excluding hydrogens is 368 g/mol. The molecule has 0 unspecified atom stereocenters. The molecule has 3 heterocycles. The summed E-state index contributed by atoms with van der Waals surface area (Å²) in [6.45, 7) is 3.08. The fourth-order valence-corrected chi connectivity index (χ4v) is 3.03. The van der Waals surface area contributed by atoms with Crippen LogP contribution in [-0.4, -0.2) is 61.7 Å². The Labute approximate surface area is 161 Å². The number of nitrogens with zero attached hydrogens (tertiary/aromatic N) is 3. The van der Waals surface area contributed by atoms with Gasteiger partial charge in [0.2, 0.25) is 5.60 Å². The second kappa shape index (κ2) is 7.33. The number of esters is 1. The average Bonchev–Trinajstić information content (AvgIpc) is 3.16. The monoisotopic (exact) mass is 391 g/mol. The molecule has 28 heavy (non-hydrogen) atoms. The topological polar surface area (TPSA) is 183 Å². The molecule has 1 aliphatic heterocycles. The van der Waals surface area contributed by atoms with E-state index in [1.807, 2.05) is 6.07 Å². The number of aromatic nitrogens is 3. The summed E-state index contributed by atoms with van der Waals surface area (Å²) in [6, 6.07) is 2.12. The van der Waals surface area contributed by atoms with Crippen LogP contribution in [0.5, 0.6) is 0 Å². The SMILES string of the molecule is [2H]c1cc([C@]2(C#N)O[C@H](COC(=O)[C@@H](N)C(C)C)[C@@H](O)[C@H]2O)n2[nH]cnc(=N)c12. The van der Waals surface area contributed by atoms with Crippen molar-refractivity contribution >= 4 is 11.5 Å². The first kappa shape index (κ1) is 18.6. The predicted octanol–water partition coefficient (Wildman–Crippen LogP) is -1.49. The highest BCUT2D eigenvalue weighted by molar-refractivity contribution is 5.75. The lowest BCUT2D eigenvalue weighted by molar-refractivity contribution is -0.153. The molecule has 0 saturated carbocycles. The van der Waals surface area contributed by atoms with Crippen molar-refractivity contribution in [2.45, 2.75) is 43.8 Å². The Morgan fingerprint density at radius 2 is 2.39 bits per heavy atom. The van der Waals surface area contributed by atoms with E-state index >= 15 is 0 Å². The normalized spacial score (nSPS) is 28.9. The van der Waals surface area contributed by atoms with E-state index in [1.54, 1.807) is 13.8 Å². The number of ether oxygens (including phenoxy) is 2. The zero-order chi connectivity index (χ0) is 21.5. The standard InChI is InChI=1S/C17H22N6O5/c1-8(2)12(19)16(26)27-5-10-13(24)14(25)17(6-18,28-10)11-4-3-9-15(20)21-7-22-23(9)11/h3-4,7-8,10,12-14,24-25H,5,19H2,1-2H3,(H2,20,21,22)/t10-,12+,13-,14-,17+/m1/s1/i3D. The zero-order valence-corrected chi connectivity index (χ0v) is 15.3. The van der Waals surface area contributed by atoms with Crippen LogP contribution in [0.4, 0.5) is 0 Å². The predicted molar refractivity (Wildman–Crippen MR) is 93.3 cm³/mol. The summed E-state index contributed by atoms with van der Waals surface area (Å²) >= 11 is 0. The maximum Gasteiger partial charge on any atom is 0.323 e. The Morgan fingerprint density at radius 3 is 3.04 bits per heavy atom. The molecule has 2 aromatic heterocycles. The molecule has 1 aliphatic rings. The van der Waals surface area contributed by atoms with Crippen molar-refractivity contribution in [2.75, 3.05) is 6.61 Å². The Bertz CT molecular complexity index is 1030. The van der Waals surface area contributed by atoms with E-state index in [1.165, 1.54) is 16.9 Å². The molecule has 1 fully saturated rings. The lowest BCUT2D eigenvalue weighted by atomic mass is 9.92. The van der Waals surface area contributed by atoms with Crippen LogP contribution in [0.15, 0.2) is 18.4 Å². The Kier molecular flexibility index (Phi) is 4.86. The van der Waals surface area contributed by atoms with E-state index < -0.39 is 42.5 Å². The molecule has 0 amide bonds. The van der Waals surface area contributed by atoms with Crippen LogP contribution in [0, 0.1) is 22.7 Å². The highest BCUT2D eigenvalue weighted by atomic mass is 16.6. The third-order valence-corrected chi connectivity index (χ3v) is 4.80. The van der Waals surface area contributed by atoms with Crippen LogP contribution in [0.25, 0.3) is 5.52 Å². The number of aliphatic hydroxyl groups is 2. The van der Waals surface area contributed by atoms with Crippen molar-refractivity contribution < 1.29 is 25.9 Å². The Hall–Kier alpha value is -2.78. The zero-order valence-electron chi connectivity index (χ0n) is 16.3. The van der Waals surface area contributed by atoms with Gasteiger partial charge in [-0.3, -0.25) is 19.8 Å². The molecule has 11 nitrogen and oxygen atoms in total. The number of hydrogen-bond acceptors (Lipinski definition) is 9. The molecule has 0 spiro atoms. The molecule has 6 N–H and O–H groups in total. The third-order valence-electron chi connectivity index (χ3n) is 4.80. The lowest BCUT2D eigenvalue weighted by Crippen LogP contribution is -2.41. The average molecular weight is 391 g/mol. The summed E-state index contributed by atoms with van der Waals surface area (Å²) < 4.78 is 20.0.